The van der Waals surface area contributed by atoms with Gasteiger partial charge in [-0.15, -0.1) is 0 Å². The van der Waals surface area contributed by atoms with Gasteiger partial charge in [-0.25, -0.2) is 4.79 Å². The summed E-state index contributed by atoms with van der Waals surface area (Å²) < 4.78 is 5.45. The van der Waals surface area contributed by atoms with E-state index in [9.17, 15) is 4.79 Å². The number of nitrogens with zero attached hydrogens (tertiary/aromatic N) is 1. The van der Waals surface area contributed by atoms with Gasteiger partial charge in [-0.2, -0.15) is 4.99 Å². The van der Waals surface area contributed by atoms with Gasteiger partial charge in [0.2, 0.25) is 6.08 Å². The first-order valence-corrected chi connectivity index (χ1v) is 6.54. The lowest BCUT2D eigenvalue weighted by atomic mass is 9.88. The van der Waals surface area contributed by atoms with Gasteiger partial charge in [-0.3, -0.25) is 0 Å². The Bertz CT molecular complexity index is 647. The Morgan fingerprint density at radius 3 is 2.84 bits per heavy atom. The highest BCUT2D eigenvalue weighted by Crippen LogP contribution is 2.44. The summed E-state index contributed by atoms with van der Waals surface area (Å²) in [5.41, 5.74) is 1.65. The maximum Gasteiger partial charge on any atom is 0.235 e. The molecule has 19 heavy (non-hydrogen) atoms. The van der Waals surface area contributed by atoms with E-state index in [1.54, 1.807) is 13.2 Å². The minimum Gasteiger partial charge on any atom is -0.496 e. The summed E-state index contributed by atoms with van der Waals surface area (Å²) in [5.74, 6) is 0.820. The highest BCUT2D eigenvalue weighted by molar-refractivity contribution is 5.86. The Balaban J connectivity index is 2.20. The number of carbonyl (C=O) groups excluding carboxylic acids is 1. The predicted octanol–water partition coefficient (Wildman–Crippen LogP) is 3.28. The minimum atomic E-state index is -0.408. The van der Waals surface area contributed by atoms with Crippen molar-refractivity contribution in [1.82, 2.24) is 4.98 Å². The summed E-state index contributed by atoms with van der Waals surface area (Å²) in [6.45, 7) is 0. The second kappa shape index (κ2) is 4.56. The number of aromatic amines is 1. The molecule has 4 heteroatoms. The average Bonchev–Trinajstić information content (AvgIpc) is 3.06. The third kappa shape index (κ3) is 1.85. The number of nitrogens with one attached hydrogen (secondary N) is 1. The first-order chi connectivity index (χ1) is 9.29. The van der Waals surface area contributed by atoms with Crippen LogP contribution in [0.2, 0.25) is 0 Å². The lowest BCUT2D eigenvalue weighted by Gasteiger charge is -2.23. The fourth-order valence-corrected chi connectivity index (χ4v) is 3.08. The second-order valence-corrected chi connectivity index (χ2v) is 5.06. The number of rotatable bonds is 3. The van der Waals surface area contributed by atoms with Gasteiger partial charge in [0.25, 0.3) is 0 Å². The van der Waals surface area contributed by atoms with Gasteiger partial charge in [0.05, 0.1) is 12.6 Å². The van der Waals surface area contributed by atoms with Gasteiger partial charge in [-0.1, -0.05) is 12.8 Å². The van der Waals surface area contributed by atoms with Crippen LogP contribution in [0.15, 0.2) is 29.4 Å². The second-order valence-electron chi connectivity index (χ2n) is 5.06. The van der Waals surface area contributed by atoms with E-state index in [1.165, 1.54) is 0 Å². The first-order valence-electron chi connectivity index (χ1n) is 6.54. The van der Waals surface area contributed by atoms with Crippen molar-refractivity contribution in [3.63, 3.8) is 0 Å². The molecule has 0 aliphatic heterocycles. The number of fused-ring (bicyclic) bond motifs is 1. The van der Waals surface area contributed by atoms with Crippen molar-refractivity contribution in [1.29, 1.82) is 0 Å². The molecule has 0 spiro atoms. The van der Waals surface area contributed by atoms with Crippen molar-refractivity contribution >= 4 is 17.0 Å². The molecule has 1 aliphatic carbocycles. The molecule has 98 valence electrons. The van der Waals surface area contributed by atoms with E-state index >= 15 is 0 Å². The van der Waals surface area contributed by atoms with Crippen molar-refractivity contribution in [3.8, 4) is 5.75 Å². The molecule has 0 bridgehead atoms. The summed E-state index contributed by atoms with van der Waals surface area (Å²) in [4.78, 5) is 18.1. The van der Waals surface area contributed by atoms with E-state index in [-0.39, 0.29) is 0 Å². The van der Waals surface area contributed by atoms with Crippen LogP contribution in [-0.4, -0.2) is 18.2 Å². The minimum absolute atomic E-state index is 0.408. The van der Waals surface area contributed by atoms with Crippen molar-refractivity contribution in [3.05, 3.63) is 30.0 Å². The van der Waals surface area contributed by atoms with Gasteiger partial charge in [0.15, 0.2) is 0 Å². The molecule has 1 fully saturated rings. The maximum atomic E-state index is 10.8. The van der Waals surface area contributed by atoms with Crippen molar-refractivity contribution in [2.75, 3.05) is 7.11 Å². The van der Waals surface area contributed by atoms with Gasteiger partial charge < -0.3 is 9.72 Å². The molecule has 4 nitrogen and oxygen atoms in total. The normalized spacial score (nSPS) is 17.3. The van der Waals surface area contributed by atoms with Crippen LogP contribution in [0.5, 0.6) is 5.75 Å². The topological polar surface area (TPSA) is 54.4 Å². The van der Waals surface area contributed by atoms with Gasteiger partial charge in [-0.05, 0) is 36.6 Å². The van der Waals surface area contributed by atoms with Crippen LogP contribution >= 0.6 is 0 Å². The number of benzene rings is 1. The largest absolute Gasteiger partial charge is 0.496 e. The molecular formula is C15H16N2O2. The van der Waals surface area contributed by atoms with Crippen molar-refractivity contribution < 1.29 is 9.53 Å². The Labute approximate surface area is 111 Å². The van der Waals surface area contributed by atoms with Crippen molar-refractivity contribution in [2.45, 2.75) is 31.2 Å². The van der Waals surface area contributed by atoms with Gasteiger partial charge in [0, 0.05) is 17.1 Å². The molecule has 0 amide bonds. The van der Waals surface area contributed by atoms with Crippen molar-refractivity contribution in [2.24, 2.45) is 4.99 Å². The zero-order valence-corrected chi connectivity index (χ0v) is 10.9. The van der Waals surface area contributed by atoms with Crippen LogP contribution in [0.3, 0.4) is 0 Å². The Hall–Kier alpha value is -2.06. The summed E-state index contributed by atoms with van der Waals surface area (Å²) in [7, 11) is 1.66. The van der Waals surface area contributed by atoms with Crippen LogP contribution in [0, 0.1) is 0 Å². The van der Waals surface area contributed by atoms with Gasteiger partial charge >= 0.3 is 0 Å². The zero-order valence-electron chi connectivity index (χ0n) is 10.9. The Morgan fingerprint density at radius 2 is 2.16 bits per heavy atom. The van der Waals surface area contributed by atoms with E-state index in [0.717, 1.165) is 47.9 Å². The SMILES string of the molecule is COc1cc(C2(N=C=O)CCCC2)cc2[nH]ccc12. The summed E-state index contributed by atoms with van der Waals surface area (Å²) >= 11 is 0. The van der Waals surface area contributed by atoms with Crippen LogP contribution < -0.4 is 4.74 Å². The molecule has 1 aliphatic rings. The molecule has 1 aromatic heterocycles. The molecule has 0 atom stereocenters. The number of aromatic nitrogens is 1. The average molecular weight is 256 g/mol. The number of H-pyrrole nitrogens is 1. The van der Waals surface area contributed by atoms with Gasteiger partial charge in [0.1, 0.15) is 5.75 Å². The zero-order chi connectivity index (χ0) is 13.3. The lowest BCUT2D eigenvalue weighted by molar-refractivity contribution is 0.413. The molecule has 2 aromatic rings. The highest BCUT2D eigenvalue weighted by Gasteiger charge is 2.36. The van der Waals surface area contributed by atoms with E-state index in [0.29, 0.717) is 0 Å². The molecule has 1 heterocycles. The molecule has 3 rings (SSSR count). The predicted molar refractivity (Wildman–Crippen MR) is 73.1 cm³/mol. The van der Waals surface area contributed by atoms with E-state index < -0.39 is 5.54 Å². The Morgan fingerprint density at radius 1 is 1.37 bits per heavy atom. The number of hydrogen-bond donors (Lipinski definition) is 1. The summed E-state index contributed by atoms with van der Waals surface area (Å²) in [5, 5.41) is 1.05. The third-order valence-electron chi connectivity index (χ3n) is 4.08. The van der Waals surface area contributed by atoms with E-state index in [4.69, 9.17) is 4.74 Å². The monoisotopic (exact) mass is 256 g/mol. The molecule has 0 unspecified atom stereocenters. The molecule has 1 N–H and O–H groups in total. The smallest absolute Gasteiger partial charge is 0.235 e. The molecule has 0 radical (unpaired) electrons. The van der Waals surface area contributed by atoms with E-state index in [2.05, 4.69) is 16.0 Å². The maximum absolute atomic E-state index is 10.8. The number of hydrogen-bond acceptors (Lipinski definition) is 3. The number of methoxy groups -OCH3 is 1. The summed E-state index contributed by atoms with van der Waals surface area (Å²) in [6.07, 6.45) is 7.63. The highest BCUT2D eigenvalue weighted by atomic mass is 16.5. The Kier molecular flexibility index (Phi) is 2.88. The molecule has 1 aromatic carbocycles. The number of aliphatic imine (C=N–C) groups is 1. The fraction of sp³-hybridized carbons (Fsp3) is 0.400. The van der Waals surface area contributed by atoms with Crippen LogP contribution in [0.4, 0.5) is 0 Å². The standard InChI is InChI=1S/C15H16N2O2/c1-19-14-9-11(8-13-12(14)4-7-16-13)15(17-10-18)5-2-3-6-15/h4,7-9,16H,2-3,5-6H2,1H3. The van der Waals surface area contributed by atoms with Crippen LogP contribution in [0.25, 0.3) is 10.9 Å². The molecule has 0 saturated heterocycles. The number of ether oxygens (including phenoxy) is 1. The van der Waals surface area contributed by atoms with E-state index in [1.807, 2.05) is 18.3 Å². The quantitative estimate of drug-likeness (QED) is 0.676. The number of isocyanates is 1. The third-order valence-corrected chi connectivity index (χ3v) is 4.08. The fourth-order valence-electron chi connectivity index (χ4n) is 3.08. The summed E-state index contributed by atoms with van der Waals surface area (Å²) in [6, 6.07) is 6.06. The molecule has 1 saturated carbocycles. The molecular weight excluding hydrogens is 240 g/mol. The first kappa shape index (κ1) is 12.0. The lowest BCUT2D eigenvalue weighted by Crippen LogP contribution is -2.18. The van der Waals surface area contributed by atoms with Crippen LogP contribution in [-0.2, 0) is 10.3 Å². The van der Waals surface area contributed by atoms with Crippen LogP contribution in [0.1, 0.15) is 31.2 Å².